The second-order valence-corrected chi connectivity index (χ2v) is 8.37. The Balaban J connectivity index is 1.57. The number of fused-ring (bicyclic) bond motifs is 1. The molecule has 2 saturated heterocycles. The first-order valence-corrected chi connectivity index (χ1v) is 9.35. The fourth-order valence-electron chi connectivity index (χ4n) is 3.41. The van der Waals surface area contributed by atoms with Gasteiger partial charge in [-0.15, -0.1) is 0 Å². The number of aromatic nitrogens is 1. The molecule has 120 valence electrons. The normalized spacial score (nSPS) is 32.6. The van der Waals surface area contributed by atoms with E-state index in [0.29, 0.717) is 18.9 Å². The van der Waals surface area contributed by atoms with Gasteiger partial charge in [0.2, 0.25) is 10.0 Å². The second-order valence-electron chi connectivity index (χ2n) is 6.20. The topological polar surface area (TPSA) is 68.7 Å². The summed E-state index contributed by atoms with van der Waals surface area (Å²) in [5.74, 6) is 0.658. The first-order chi connectivity index (χ1) is 10.7. The van der Waals surface area contributed by atoms with Crippen LogP contribution < -0.4 is 4.74 Å². The van der Waals surface area contributed by atoms with Gasteiger partial charge in [0.25, 0.3) is 0 Å². The SMILES string of the molecule is O=S(=O)(C1CC1)N1C[C@@H](Oc2cccnc2)[C@H]2OCCC[C@H]21. The van der Waals surface area contributed by atoms with Crippen LogP contribution in [0.5, 0.6) is 5.75 Å². The molecule has 22 heavy (non-hydrogen) atoms. The first kappa shape index (κ1) is 14.4. The summed E-state index contributed by atoms with van der Waals surface area (Å²) in [6, 6.07) is 3.56. The van der Waals surface area contributed by atoms with E-state index < -0.39 is 10.0 Å². The van der Waals surface area contributed by atoms with Crippen molar-refractivity contribution >= 4 is 10.0 Å². The van der Waals surface area contributed by atoms with Gasteiger partial charge in [-0.25, -0.2) is 8.42 Å². The van der Waals surface area contributed by atoms with Gasteiger partial charge in [0, 0.05) is 12.8 Å². The predicted octanol–water partition coefficient (Wildman–Crippen LogP) is 1.18. The molecule has 1 aromatic rings. The number of pyridine rings is 1. The van der Waals surface area contributed by atoms with Crippen molar-refractivity contribution in [2.75, 3.05) is 13.2 Å². The number of hydrogen-bond donors (Lipinski definition) is 0. The smallest absolute Gasteiger partial charge is 0.217 e. The number of ether oxygens (including phenoxy) is 2. The van der Waals surface area contributed by atoms with E-state index in [9.17, 15) is 8.42 Å². The van der Waals surface area contributed by atoms with E-state index >= 15 is 0 Å². The molecule has 0 aromatic carbocycles. The van der Waals surface area contributed by atoms with E-state index in [0.717, 1.165) is 25.7 Å². The molecule has 0 bridgehead atoms. The van der Waals surface area contributed by atoms with Crippen LogP contribution in [0.1, 0.15) is 25.7 Å². The summed E-state index contributed by atoms with van der Waals surface area (Å²) in [7, 11) is -3.20. The van der Waals surface area contributed by atoms with Crippen LogP contribution in [0, 0.1) is 0 Å². The van der Waals surface area contributed by atoms with Crippen molar-refractivity contribution < 1.29 is 17.9 Å². The van der Waals surface area contributed by atoms with Crippen LogP contribution in [-0.4, -0.2) is 54.4 Å². The fraction of sp³-hybridized carbons (Fsp3) is 0.667. The third-order valence-electron chi connectivity index (χ3n) is 4.62. The minimum absolute atomic E-state index is 0.0824. The molecule has 7 heteroatoms. The van der Waals surface area contributed by atoms with Crippen molar-refractivity contribution in [2.45, 2.75) is 49.2 Å². The maximum absolute atomic E-state index is 12.7. The zero-order valence-corrected chi connectivity index (χ0v) is 13.1. The summed E-state index contributed by atoms with van der Waals surface area (Å²) >= 11 is 0. The molecule has 0 radical (unpaired) electrons. The van der Waals surface area contributed by atoms with Gasteiger partial charge in [-0.05, 0) is 37.8 Å². The van der Waals surface area contributed by atoms with E-state index in [1.807, 2.05) is 12.1 Å². The Hall–Kier alpha value is -1.18. The van der Waals surface area contributed by atoms with E-state index in [1.54, 1.807) is 16.7 Å². The Morgan fingerprint density at radius 2 is 2.18 bits per heavy atom. The van der Waals surface area contributed by atoms with Crippen molar-refractivity contribution in [3.05, 3.63) is 24.5 Å². The van der Waals surface area contributed by atoms with Crippen LogP contribution in [0.3, 0.4) is 0 Å². The largest absolute Gasteiger partial charge is 0.485 e. The second kappa shape index (κ2) is 5.47. The molecule has 1 aromatic heterocycles. The molecule has 2 aliphatic heterocycles. The lowest BCUT2D eigenvalue weighted by atomic mass is 10.0. The van der Waals surface area contributed by atoms with Crippen LogP contribution in [0.4, 0.5) is 0 Å². The molecule has 1 aliphatic carbocycles. The number of nitrogens with zero attached hydrogens (tertiary/aromatic N) is 2. The molecule has 0 amide bonds. The zero-order chi connectivity index (χ0) is 15.2. The zero-order valence-electron chi connectivity index (χ0n) is 12.3. The van der Waals surface area contributed by atoms with Gasteiger partial charge in [0.15, 0.2) is 0 Å². The highest BCUT2D eigenvalue weighted by Gasteiger charge is 2.53. The maximum Gasteiger partial charge on any atom is 0.217 e. The first-order valence-electron chi connectivity index (χ1n) is 7.85. The molecule has 0 spiro atoms. The molecule has 6 nitrogen and oxygen atoms in total. The number of rotatable bonds is 4. The molecule has 1 saturated carbocycles. The Kier molecular flexibility index (Phi) is 3.58. The Bertz CT molecular complexity index is 632. The van der Waals surface area contributed by atoms with Gasteiger partial charge >= 0.3 is 0 Å². The minimum Gasteiger partial charge on any atom is -0.485 e. The molecule has 3 atom stereocenters. The quantitative estimate of drug-likeness (QED) is 0.832. The van der Waals surface area contributed by atoms with Crippen molar-refractivity contribution in [3.8, 4) is 5.75 Å². The maximum atomic E-state index is 12.7. The summed E-state index contributed by atoms with van der Waals surface area (Å²) in [6.07, 6.45) is 6.21. The van der Waals surface area contributed by atoms with Crippen LogP contribution >= 0.6 is 0 Å². The van der Waals surface area contributed by atoms with Crippen LogP contribution in [-0.2, 0) is 14.8 Å². The molecular formula is C15H20N2O4S. The average Bonchev–Trinajstić information content (AvgIpc) is 3.33. The molecule has 3 fully saturated rings. The molecule has 0 unspecified atom stereocenters. The summed E-state index contributed by atoms with van der Waals surface area (Å²) < 4.78 is 38.8. The van der Waals surface area contributed by atoms with Crippen molar-refractivity contribution in [1.29, 1.82) is 0 Å². The lowest BCUT2D eigenvalue weighted by molar-refractivity contribution is -0.0418. The van der Waals surface area contributed by atoms with Gasteiger partial charge in [0.05, 0.1) is 24.0 Å². The summed E-state index contributed by atoms with van der Waals surface area (Å²) in [5.41, 5.74) is 0. The Morgan fingerprint density at radius 3 is 2.91 bits per heavy atom. The average molecular weight is 324 g/mol. The van der Waals surface area contributed by atoms with Crippen LogP contribution in [0.25, 0.3) is 0 Å². The highest BCUT2D eigenvalue weighted by atomic mass is 32.2. The minimum atomic E-state index is -3.20. The predicted molar refractivity (Wildman–Crippen MR) is 80.1 cm³/mol. The third kappa shape index (κ3) is 2.51. The molecule has 0 N–H and O–H groups in total. The number of hydrogen-bond acceptors (Lipinski definition) is 5. The van der Waals surface area contributed by atoms with Crippen molar-refractivity contribution in [2.24, 2.45) is 0 Å². The lowest BCUT2D eigenvalue weighted by Crippen LogP contribution is -2.45. The summed E-state index contributed by atoms with van der Waals surface area (Å²) in [4.78, 5) is 4.04. The van der Waals surface area contributed by atoms with E-state index in [2.05, 4.69) is 4.98 Å². The molecular weight excluding hydrogens is 304 g/mol. The van der Waals surface area contributed by atoms with Crippen molar-refractivity contribution in [1.82, 2.24) is 9.29 Å². The van der Waals surface area contributed by atoms with Gasteiger partial charge in [-0.1, -0.05) is 0 Å². The van der Waals surface area contributed by atoms with Crippen LogP contribution in [0.15, 0.2) is 24.5 Å². The summed E-state index contributed by atoms with van der Waals surface area (Å²) in [6.45, 7) is 1.05. The monoisotopic (exact) mass is 324 g/mol. The van der Waals surface area contributed by atoms with E-state index in [1.165, 1.54) is 0 Å². The number of sulfonamides is 1. The highest BCUT2D eigenvalue weighted by Crippen LogP contribution is 2.39. The molecule has 3 aliphatic rings. The van der Waals surface area contributed by atoms with Crippen LogP contribution in [0.2, 0.25) is 0 Å². The van der Waals surface area contributed by atoms with Crippen molar-refractivity contribution in [3.63, 3.8) is 0 Å². The molecule has 4 rings (SSSR count). The van der Waals surface area contributed by atoms with Gasteiger partial charge in [0.1, 0.15) is 18.0 Å². The standard InChI is InChI=1S/C15H20N2O4S/c18-22(19,12-5-6-12)17-10-14(15-13(17)4-2-8-20-15)21-11-3-1-7-16-9-11/h1,3,7,9,12-15H,2,4-6,8,10H2/t13-,14-,15+/m1/s1. The van der Waals surface area contributed by atoms with Gasteiger partial charge < -0.3 is 9.47 Å². The van der Waals surface area contributed by atoms with Gasteiger partial charge in [-0.3, -0.25) is 4.98 Å². The third-order valence-corrected chi connectivity index (χ3v) is 7.01. The Labute approximate surface area is 130 Å². The van der Waals surface area contributed by atoms with Gasteiger partial charge in [-0.2, -0.15) is 4.31 Å². The lowest BCUT2D eigenvalue weighted by Gasteiger charge is -2.31. The molecule has 3 heterocycles. The Morgan fingerprint density at radius 1 is 1.32 bits per heavy atom. The fourth-order valence-corrected chi connectivity index (χ4v) is 5.49. The summed E-state index contributed by atoms with van der Waals surface area (Å²) in [5, 5.41) is -0.188. The van der Waals surface area contributed by atoms with E-state index in [4.69, 9.17) is 9.47 Å². The highest BCUT2D eigenvalue weighted by molar-refractivity contribution is 7.90. The van der Waals surface area contributed by atoms with E-state index in [-0.39, 0.29) is 23.5 Å².